The molecular formula is C14H20N2O2S. The van der Waals surface area contributed by atoms with Crippen LogP contribution in [0.3, 0.4) is 0 Å². The molecule has 1 aliphatic carbocycles. The van der Waals surface area contributed by atoms with Gasteiger partial charge in [0.15, 0.2) is 0 Å². The van der Waals surface area contributed by atoms with Gasteiger partial charge >= 0.3 is 0 Å². The van der Waals surface area contributed by atoms with Crippen LogP contribution in [0.1, 0.15) is 19.8 Å². The molecule has 4 nitrogen and oxygen atoms in total. The molecule has 1 amide bonds. The van der Waals surface area contributed by atoms with Gasteiger partial charge in [0.05, 0.1) is 11.3 Å². The molecule has 5 heteroatoms. The topological polar surface area (TPSA) is 75.3 Å². The quantitative estimate of drug-likeness (QED) is 0.694. The first-order valence-electron chi connectivity index (χ1n) is 6.46. The largest absolute Gasteiger partial charge is 0.508 e. The van der Waals surface area contributed by atoms with Crippen LogP contribution < -0.4 is 11.1 Å². The Morgan fingerprint density at radius 3 is 2.63 bits per heavy atom. The van der Waals surface area contributed by atoms with Crippen molar-refractivity contribution in [1.82, 2.24) is 5.32 Å². The Balaban J connectivity index is 1.82. The van der Waals surface area contributed by atoms with E-state index in [1.54, 1.807) is 24.3 Å². The molecule has 0 radical (unpaired) electrons. The Bertz CT molecular complexity index is 445. The molecule has 1 unspecified atom stereocenters. The number of aromatic hydroxyl groups is 1. The molecular weight excluding hydrogens is 260 g/mol. The maximum atomic E-state index is 12.0. The second kappa shape index (κ2) is 5.84. The summed E-state index contributed by atoms with van der Waals surface area (Å²) >= 11 is 1.46. The minimum atomic E-state index is -0.257. The van der Waals surface area contributed by atoms with Crippen molar-refractivity contribution in [1.29, 1.82) is 0 Å². The van der Waals surface area contributed by atoms with Crippen LogP contribution in [0.15, 0.2) is 29.2 Å². The van der Waals surface area contributed by atoms with Gasteiger partial charge in [-0.05, 0) is 49.9 Å². The van der Waals surface area contributed by atoms with Crippen LogP contribution >= 0.6 is 11.8 Å². The lowest BCUT2D eigenvalue weighted by Gasteiger charge is -2.29. The van der Waals surface area contributed by atoms with Gasteiger partial charge in [0.2, 0.25) is 5.91 Å². The second-order valence-electron chi connectivity index (χ2n) is 5.23. The van der Waals surface area contributed by atoms with E-state index in [9.17, 15) is 9.90 Å². The van der Waals surface area contributed by atoms with Crippen molar-refractivity contribution in [2.75, 3.05) is 12.3 Å². The van der Waals surface area contributed by atoms with Gasteiger partial charge in [-0.2, -0.15) is 0 Å². The molecule has 4 N–H and O–H groups in total. The van der Waals surface area contributed by atoms with Crippen molar-refractivity contribution in [2.24, 2.45) is 11.7 Å². The smallest absolute Gasteiger partial charge is 0.230 e. The van der Waals surface area contributed by atoms with E-state index in [2.05, 4.69) is 5.32 Å². The molecule has 0 bridgehead atoms. The lowest BCUT2D eigenvalue weighted by atomic mass is 9.96. The van der Waals surface area contributed by atoms with E-state index in [0.717, 1.165) is 17.7 Å². The average Bonchev–Trinajstić information content (AvgIpc) is 3.22. The summed E-state index contributed by atoms with van der Waals surface area (Å²) in [6.07, 6.45) is 2.30. The molecule has 1 saturated carbocycles. The lowest BCUT2D eigenvalue weighted by Crippen LogP contribution is -2.53. The molecule has 0 aromatic heterocycles. The Hall–Kier alpha value is -1.20. The number of carbonyl (C=O) groups excluding carboxylic acids is 1. The fourth-order valence-electron chi connectivity index (χ4n) is 2.09. The first-order chi connectivity index (χ1) is 9.03. The average molecular weight is 280 g/mol. The first kappa shape index (κ1) is 14.2. The summed E-state index contributed by atoms with van der Waals surface area (Å²) in [4.78, 5) is 12.9. The normalized spacial score (nSPS) is 17.8. The SMILES string of the molecule is CC(CN)(NC(=O)CSc1ccc(O)cc1)C1CC1. The number of nitrogens with one attached hydrogen (secondary N) is 1. The number of phenols is 1. The number of nitrogens with two attached hydrogens (primary N) is 1. The number of hydrogen-bond acceptors (Lipinski definition) is 4. The lowest BCUT2D eigenvalue weighted by molar-refractivity contribution is -0.120. The Morgan fingerprint density at radius 1 is 1.47 bits per heavy atom. The number of amides is 1. The predicted molar refractivity (Wildman–Crippen MR) is 77.2 cm³/mol. The summed E-state index contributed by atoms with van der Waals surface area (Å²) in [7, 11) is 0. The molecule has 1 aromatic rings. The summed E-state index contributed by atoms with van der Waals surface area (Å²) in [5.41, 5.74) is 5.51. The third-order valence-electron chi connectivity index (χ3n) is 3.53. The molecule has 0 aliphatic heterocycles. The molecule has 19 heavy (non-hydrogen) atoms. The zero-order valence-corrected chi connectivity index (χ0v) is 11.9. The molecule has 1 fully saturated rings. The number of carbonyl (C=O) groups is 1. The third-order valence-corrected chi connectivity index (χ3v) is 4.55. The van der Waals surface area contributed by atoms with Crippen LogP contribution in [0, 0.1) is 5.92 Å². The van der Waals surface area contributed by atoms with Crippen LogP contribution in [-0.4, -0.2) is 28.9 Å². The highest BCUT2D eigenvalue weighted by molar-refractivity contribution is 8.00. The van der Waals surface area contributed by atoms with Gasteiger partial charge in [0.1, 0.15) is 5.75 Å². The highest BCUT2D eigenvalue weighted by Gasteiger charge is 2.41. The zero-order valence-electron chi connectivity index (χ0n) is 11.1. The summed E-state index contributed by atoms with van der Waals surface area (Å²) in [6, 6.07) is 6.84. The van der Waals surface area contributed by atoms with Crippen LogP contribution in [0.25, 0.3) is 0 Å². The van der Waals surface area contributed by atoms with Crippen molar-refractivity contribution in [3.05, 3.63) is 24.3 Å². The van der Waals surface area contributed by atoms with Crippen LogP contribution in [0.2, 0.25) is 0 Å². The van der Waals surface area contributed by atoms with Crippen LogP contribution in [-0.2, 0) is 4.79 Å². The minimum Gasteiger partial charge on any atom is -0.508 e. The van der Waals surface area contributed by atoms with Crippen molar-refractivity contribution < 1.29 is 9.90 Å². The molecule has 1 aliphatic rings. The highest BCUT2D eigenvalue weighted by Crippen LogP contribution is 2.39. The maximum Gasteiger partial charge on any atom is 0.230 e. The van der Waals surface area contributed by atoms with Gasteiger partial charge in [-0.1, -0.05) is 0 Å². The fourth-order valence-corrected chi connectivity index (χ4v) is 2.78. The van der Waals surface area contributed by atoms with E-state index < -0.39 is 0 Å². The van der Waals surface area contributed by atoms with E-state index in [4.69, 9.17) is 5.73 Å². The van der Waals surface area contributed by atoms with E-state index in [0.29, 0.717) is 18.2 Å². The molecule has 2 rings (SSSR count). The molecule has 0 spiro atoms. The summed E-state index contributed by atoms with van der Waals surface area (Å²) in [6.45, 7) is 2.50. The molecule has 104 valence electrons. The number of thioether (sulfide) groups is 1. The van der Waals surface area contributed by atoms with Gasteiger partial charge < -0.3 is 16.2 Å². The molecule has 1 aromatic carbocycles. The highest BCUT2D eigenvalue weighted by atomic mass is 32.2. The van der Waals surface area contributed by atoms with Gasteiger partial charge in [0.25, 0.3) is 0 Å². The standard InChI is InChI=1S/C14H20N2O2S/c1-14(9-15,10-2-3-10)16-13(18)8-19-12-6-4-11(17)5-7-12/h4-7,10,17H,2-3,8-9,15H2,1H3,(H,16,18). The monoisotopic (exact) mass is 280 g/mol. The van der Waals surface area contributed by atoms with E-state index in [1.165, 1.54) is 11.8 Å². The molecule has 0 heterocycles. The van der Waals surface area contributed by atoms with Crippen LogP contribution in [0.5, 0.6) is 5.75 Å². The van der Waals surface area contributed by atoms with E-state index in [-0.39, 0.29) is 17.2 Å². The van der Waals surface area contributed by atoms with Gasteiger partial charge in [-0.3, -0.25) is 4.79 Å². The van der Waals surface area contributed by atoms with Crippen molar-refractivity contribution in [3.8, 4) is 5.75 Å². The van der Waals surface area contributed by atoms with E-state index >= 15 is 0 Å². The van der Waals surface area contributed by atoms with E-state index in [1.807, 2.05) is 6.92 Å². The number of phenolic OH excluding ortho intramolecular Hbond substituents is 1. The number of hydrogen-bond donors (Lipinski definition) is 3. The maximum absolute atomic E-state index is 12.0. The molecule has 0 saturated heterocycles. The van der Waals surface area contributed by atoms with Crippen molar-refractivity contribution >= 4 is 17.7 Å². The van der Waals surface area contributed by atoms with Crippen molar-refractivity contribution in [2.45, 2.75) is 30.2 Å². The number of rotatable bonds is 6. The van der Waals surface area contributed by atoms with Gasteiger partial charge in [-0.25, -0.2) is 0 Å². The summed E-state index contributed by atoms with van der Waals surface area (Å²) < 4.78 is 0. The van der Waals surface area contributed by atoms with Crippen LogP contribution in [0.4, 0.5) is 0 Å². The number of benzene rings is 1. The Kier molecular flexibility index (Phi) is 4.37. The second-order valence-corrected chi connectivity index (χ2v) is 6.28. The Labute approximate surface area is 117 Å². The minimum absolute atomic E-state index is 0.0120. The van der Waals surface area contributed by atoms with Gasteiger partial charge in [-0.15, -0.1) is 11.8 Å². The summed E-state index contributed by atoms with van der Waals surface area (Å²) in [5, 5.41) is 12.2. The summed E-state index contributed by atoms with van der Waals surface area (Å²) in [5.74, 6) is 1.14. The molecule has 1 atom stereocenters. The van der Waals surface area contributed by atoms with Crippen molar-refractivity contribution in [3.63, 3.8) is 0 Å². The fraction of sp³-hybridized carbons (Fsp3) is 0.500. The third kappa shape index (κ3) is 3.88. The van der Waals surface area contributed by atoms with Gasteiger partial charge in [0, 0.05) is 11.4 Å². The predicted octanol–water partition coefficient (Wildman–Crippen LogP) is 1.73. The first-order valence-corrected chi connectivity index (χ1v) is 7.45. The zero-order chi connectivity index (χ0) is 13.9. The Morgan fingerprint density at radius 2 is 2.11 bits per heavy atom.